The van der Waals surface area contributed by atoms with Crippen molar-refractivity contribution in [1.82, 2.24) is 0 Å². The number of hydrogen-bond acceptors (Lipinski definition) is 4. The fourth-order valence-corrected chi connectivity index (χ4v) is 0.501. The van der Waals surface area contributed by atoms with Crippen LogP contribution >= 0.6 is 0 Å². The largest absolute Gasteiger partial charge is 0.469 e. The van der Waals surface area contributed by atoms with Gasteiger partial charge in [-0.3, -0.25) is 9.59 Å². The van der Waals surface area contributed by atoms with Gasteiger partial charge in [0.2, 0.25) is 0 Å². The highest BCUT2D eigenvalue weighted by atomic mass is 16.5. The maximum Gasteiger partial charge on any atom is 0.317 e. The zero-order chi connectivity index (χ0) is 9.56. The fraction of sp³-hybridized carbons (Fsp3) is 0.750. The summed E-state index contributed by atoms with van der Waals surface area (Å²) in [4.78, 5) is 21.3. The van der Waals surface area contributed by atoms with Crippen LogP contribution in [0, 0.1) is 5.92 Å². The van der Waals surface area contributed by atoms with Crippen LogP contribution in [0.1, 0.15) is 20.3 Å². The van der Waals surface area contributed by atoms with Crippen LogP contribution in [0.15, 0.2) is 0 Å². The van der Waals surface area contributed by atoms with Gasteiger partial charge in [0.15, 0.2) is 0 Å². The topological polar surface area (TPSA) is 52.6 Å². The van der Waals surface area contributed by atoms with Crippen LogP contribution in [0.4, 0.5) is 0 Å². The summed E-state index contributed by atoms with van der Waals surface area (Å²) in [6.07, 6.45) is -0.302. The molecule has 0 aliphatic carbocycles. The van der Waals surface area contributed by atoms with Gasteiger partial charge < -0.3 is 9.47 Å². The molecule has 70 valence electrons. The van der Waals surface area contributed by atoms with E-state index in [0.29, 0.717) is 6.61 Å². The lowest BCUT2D eigenvalue weighted by molar-refractivity contribution is -0.153. The molecule has 0 unspecified atom stereocenters. The third-order valence-electron chi connectivity index (χ3n) is 1.09. The third-order valence-corrected chi connectivity index (χ3v) is 1.09. The Morgan fingerprint density at radius 2 is 1.83 bits per heavy atom. The molecule has 0 aliphatic heterocycles. The predicted molar refractivity (Wildman–Crippen MR) is 42.4 cm³/mol. The van der Waals surface area contributed by atoms with Gasteiger partial charge in [0.25, 0.3) is 0 Å². The molecular weight excluding hydrogens is 160 g/mol. The van der Waals surface area contributed by atoms with Crippen LogP contribution in [-0.4, -0.2) is 25.7 Å². The van der Waals surface area contributed by atoms with Crippen molar-refractivity contribution in [2.24, 2.45) is 5.92 Å². The van der Waals surface area contributed by atoms with E-state index in [0.717, 1.165) is 0 Å². The van der Waals surface area contributed by atoms with E-state index in [4.69, 9.17) is 4.74 Å². The molecule has 0 aromatic heterocycles. The molecule has 0 saturated heterocycles. The average molecular weight is 174 g/mol. The average Bonchev–Trinajstić information content (AvgIpc) is 2.00. The summed E-state index contributed by atoms with van der Waals surface area (Å²) in [5.74, 6) is -0.814. The Kier molecular flexibility index (Phi) is 5.08. The molecular formula is C8H14O4. The third kappa shape index (κ3) is 5.70. The van der Waals surface area contributed by atoms with Crippen LogP contribution in [-0.2, 0) is 19.1 Å². The van der Waals surface area contributed by atoms with Gasteiger partial charge in [-0.15, -0.1) is 0 Å². The summed E-state index contributed by atoms with van der Waals surface area (Å²) in [6.45, 7) is 4.19. The van der Waals surface area contributed by atoms with Crippen LogP contribution in [0.3, 0.4) is 0 Å². The summed E-state index contributed by atoms with van der Waals surface area (Å²) in [6, 6.07) is 0. The molecule has 0 heterocycles. The molecule has 0 saturated carbocycles. The zero-order valence-electron chi connectivity index (χ0n) is 7.62. The summed E-state index contributed by atoms with van der Waals surface area (Å²) in [7, 11) is 1.23. The minimum absolute atomic E-state index is 0.284. The Balaban J connectivity index is 3.53. The molecule has 0 amide bonds. The van der Waals surface area contributed by atoms with Crippen molar-refractivity contribution >= 4 is 11.9 Å². The maximum atomic E-state index is 10.8. The number of ether oxygens (including phenoxy) is 2. The number of rotatable bonds is 4. The lowest BCUT2D eigenvalue weighted by atomic mass is 10.2. The van der Waals surface area contributed by atoms with E-state index in [1.807, 2.05) is 13.8 Å². The first-order chi connectivity index (χ1) is 5.56. The number of methoxy groups -OCH3 is 1. The Bertz CT molecular complexity index is 162. The van der Waals surface area contributed by atoms with Crippen molar-refractivity contribution in [2.75, 3.05) is 13.7 Å². The Labute approximate surface area is 71.8 Å². The first-order valence-electron chi connectivity index (χ1n) is 3.78. The number of carbonyl (C=O) groups is 2. The Morgan fingerprint density at radius 1 is 1.25 bits per heavy atom. The molecule has 0 aromatic rings. The van der Waals surface area contributed by atoms with Crippen molar-refractivity contribution in [3.63, 3.8) is 0 Å². The van der Waals surface area contributed by atoms with E-state index in [2.05, 4.69) is 4.74 Å². The van der Waals surface area contributed by atoms with E-state index >= 15 is 0 Å². The lowest BCUT2D eigenvalue weighted by Crippen LogP contribution is -2.14. The fourth-order valence-electron chi connectivity index (χ4n) is 0.501. The summed E-state index contributed by atoms with van der Waals surface area (Å²) in [5, 5.41) is 0. The number of carbonyl (C=O) groups excluding carboxylic acids is 2. The molecule has 0 spiro atoms. The Hall–Kier alpha value is -1.06. The molecule has 12 heavy (non-hydrogen) atoms. The minimum Gasteiger partial charge on any atom is -0.469 e. The maximum absolute atomic E-state index is 10.8. The molecule has 0 radical (unpaired) electrons. The van der Waals surface area contributed by atoms with Gasteiger partial charge in [-0.2, -0.15) is 0 Å². The molecule has 0 fully saturated rings. The summed E-state index contributed by atoms with van der Waals surface area (Å²) in [5.41, 5.74) is 0. The first-order valence-corrected chi connectivity index (χ1v) is 3.78. The number of esters is 2. The molecule has 0 atom stereocenters. The zero-order valence-corrected chi connectivity index (χ0v) is 7.62. The van der Waals surface area contributed by atoms with Crippen LogP contribution in [0.2, 0.25) is 0 Å². The first kappa shape index (κ1) is 10.9. The van der Waals surface area contributed by atoms with Gasteiger partial charge in [0.05, 0.1) is 13.7 Å². The van der Waals surface area contributed by atoms with Crippen molar-refractivity contribution in [1.29, 1.82) is 0 Å². The molecule has 0 rings (SSSR count). The van der Waals surface area contributed by atoms with Crippen LogP contribution < -0.4 is 0 Å². The standard InChI is InChI=1S/C8H14O4/c1-6(2)5-12-8(10)4-7(9)11-3/h6H,4-5H2,1-3H3. The monoisotopic (exact) mass is 174 g/mol. The summed E-state index contributed by atoms with van der Waals surface area (Å²) >= 11 is 0. The Morgan fingerprint density at radius 3 is 2.25 bits per heavy atom. The summed E-state index contributed by atoms with van der Waals surface area (Å²) < 4.78 is 9.02. The van der Waals surface area contributed by atoms with E-state index < -0.39 is 11.9 Å². The minimum atomic E-state index is -0.566. The van der Waals surface area contributed by atoms with Crippen LogP contribution in [0.5, 0.6) is 0 Å². The quantitative estimate of drug-likeness (QED) is 0.466. The number of hydrogen-bond donors (Lipinski definition) is 0. The smallest absolute Gasteiger partial charge is 0.317 e. The van der Waals surface area contributed by atoms with Gasteiger partial charge in [0, 0.05) is 0 Å². The van der Waals surface area contributed by atoms with E-state index in [9.17, 15) is 9.59 Å². The normalized spacial score (nSPS) is 9.67. The second-order valence-corrected chi connectivity index (χ2v) is 2.83. The SMILES string of the molecule is COC(=O)CC(=O)OCC(C)C. The van der Waals surface area contributed by atoms with E-state index in [1.165, 1.54) is 7.11 Å². The molecule has 4 heteroatoms. The molecule has 4 nitrogen and oxygen atoms in total. The van der Waals surface area contributed by atoms with Crippen LogP contribution in [0.25, 0.3) is 0 Å². The van der Waals surface area contributed by atoms with Gasteiger partial charge >= 0.3 is 11.9 Å². The van der Waals surface area contributed by atoms with Gasteiger partial charge in [-0.05, 0) is 5.92 Å². The molecule has 0 aliphatic rings. The second-order valence-electron chi connectivity index (χ2n) is 2.83. The predicted octanol–water partition coefficient (Wildman–Crippen LogP) is 0.749. The van der Waals surface area contributed by atoms with Gasteiger partial charge in [-0.1, -0.05) is 13.8 Å². The highest BCUT2D eigenvalue weighted by Crippen LogP contribution is 1.95. The molecule has 0 bridgehead atoms. The van der Waals surface area contributed by atoms with E-state index in [-0.39, 0.29) is 12.3 Å². The highest BCUT2D eigenvalue weighted by Gasteiger charge is 2.10. The molecule has 0 aromatic carbocycles. The van der Waals surface area contributed by atoms with Gasteiger partial charge in [0.1, 0.15) is 6.42 Å². The van der Waals surface area contributed by atoms with Crippen molar-refractivity contribution in [3.8, 4) is 0 Å². The van der Waals surface area contributed by atoms with E-state index in [1.54, 1.807) is 0 Å². The van der Waals surface area contributed by atoms with Crippen molar-refractivity contribution in [2.45, 2.75) is 20.3 Å². The van der Waals surface area contributed by atoms with Crippen molar-refractivity contribution in [3.05, 3.63) is 0 Å². The highest BCUT2D eigenvalue weighted by molar-refractivity contribution is 5.91. The molecule has 0 N–H and O–H groups in total. The van der Waals surface area contributed by atoms with Gasteiger partial charge in [-0.25, -0.2) is 0 Å². The lowest BCUT2D eigenvalue weighted by Gasteiger charge is -2.05. The second kappa shape index (κ2) is 5.57. The van der Waals surface area contributed by atoms with Crippen molar-refractivity contribution < 1.29 is 19.1 Å².